The third-order valence-corrected chi connectivity index (χ3v) is 3.13. The molecule has 0 aliphatic heterocycles. The average Bonchev–Trinajstić information content (AvgIpc) is 2.09. The SMILES string of the molecule is CC1(C)C=CCC1(C)CC#N. The molecule has 1 heteroatoms. The van der Waals surface area contributed by atoms with Crippen molar-refractivity contribution in [3.63, 3.8) is 0 Å². The van der Waals surface area contributed by atoms with Gasteiger partial charge in [0, 0.05) is 6.42 Å². The van der Waals surface area contributed by atoms with Crippen LogP contribution >= 0.6 is 0 Å². The second-order valence-electron chi connectivity index (χ2n) is 4.22. The Balaban J connectivity index is 2.83. The van der Waals surface area contributed by atoms with E-state index < -0.39 is 0 Å². The van der Waals surface area contributed by atoms with Gasteiger partial charge in [0.25, 0.3) is 0 Å². The first-order valence-corrected chi connectivity index (χ1v) is 4.06. The van der Waals surface area contributed by atoms with E-state index in [-0.39, 0.29) is 10.8 Å². The van der Waals surface area contributed by atoms with Gasteiger partial charge >= 0.3 is 0 Å². The van der Waals surface area contributed by atoms with Gasteiger partial charge in [-0.25, -0.2) is 0 Å². The Bertz CT molecular complexity index is 220. The van der Waals surface area contributed by atoms with Crippen LogP contribution in [-0.4, -0.2) is 0 Å². The van der Waals surface area contributed by atoms with E-state index in [1.54, 1.807) is 0 Å². The van der Waals surface area contributed by atoms with Crippen molar-refractivity contribution in [2.24, 2.45) is 10.8 Å². The van der Waals surface area contributed by atoms with Crippen molar-refractivity contribution in [1.29, 1.82) is 5.26 Å². The largest absolute Gasteiger partial charge is 0.198 e. The highest BCUT2D eigenvalue weighted by molar-refractivity contribution is 5.14. The van der Waals surface area contributed by atoms with Crippen molar-refractivity contribution in [2.75, 3.05) is 0 Å². The molecule has 0 heterocycles. The average molecular weight is 149 g/mol. The fourth-order valence-electron chi connectivity index (χ4n) is 1.55. The van der Waals surface area contributed by atoms with Gasteiger partial charge in [0.1, 0.15) is 0 Å². The number of nitrogens with zero attached hydrogens (tertiary/aromatic N) is 1. The number of allylic oxidation sites excluding steroid dienone is 2. The third kappa shape index (κ3) is 1.18. The van der Waals surface area contributed by atoms with Gasteiger partial charge in [-0.1, -0.05) is 32.9 Å². The zero-order valence-corrected chi connectivity index (χ0v) is 7.52. The molecule has 1 rings (SSSR count). The highest BCUT2D eigenvalue weighted by Gasteiger charge is 2.41. The van der Waals surface area contributed by atoms with Gasteiger partial charge in [-0.15, -0.1) is 0 Å². The molecule has 1 aliphatic carbocycles. The van der Waals surface area contributed by atoms with Gasteiger partial charge in [-0.3, -0.25) is 0 Å². The maximum Gasteiger partial charge on any atom is 0.0627 e. The molecule has 0 bridgehead atoms. The molecule has 0 fully saturated rings. The fourth-order valence-corrected chi connectivity index (χ4v) is 1.55. The molecular weight excluding hydrogens is 134 g/mol. The van der Waals surface area contributed by atoms with E-state index in [9.17, 15) is 0 Å². The van der Waals surface area contributed by atoms with Crippen molar-refractivity contribution in [3.8, 4) is 6.07 Å². The molecule has 0 aromatic carbocycles. The van der Waals surface area contributed by atoms with Crippen molar-refractivity contribution in [3.05, 3.63) is 12.2 Å². The molecule has 60 valence electrons. The van der Waals surface area contributed by atoms with E-state index in [0.717, 1.165) is 6.42 Å². The van der Waals surface area contributed by atoms with Gasteiger partial charge in [-0.2, -0.15) is 5.26 Å². The summed E-state index contributed by atoms with van der Waals surface area (Å²) < 4.78 is 0. The van der Waals surface area contributed by atoms with Crippen LogP contribution in [-0.2, 0) is 0 Å². The van der Waals surface area contributed by atoms with Crippen LogP contribution in [0.4, 0.5) is 0 Å². The van der Waals surface area contributed by atoms with Gasteiger partial charge < -0.3 is 0 Å². The highest BCUT2D eigenvalue weighted by atomic mass is 14.5. The minimum atomic E-state index is 0.168. The lowest BCUT2D eigenvalue weighted by Crippen LogP contribution is -2.29. The normalized spacial score (nSPS) is 33.6. The van der Waals surface area contributed by atoms with E-state index in [1.165, 1.54) is 0 Å². The first-order valence-electron chi connectivity index (χ1n) is 4.06. The van der Waals surface area contributed by atoms with Crippen LogP contribution < -0.4 is 0 Å². The van der Waals surface area contributed by atoms with Gasteiger partial charge in [0.15, 0.2) is 0 Å². The van der Waals surface area contributed by atoms with Crippen molar-refractivity contribution in [2.45, 2.75) is 33.6 Å². The Labute approximate surface area is 68.7 Å². The van der Waals surface area contributed by atoms with Crippen molar-refractivity contribution >= 4 is 0 Å². The summed E-state index contributed by atoms with van der Waals surface area (Å²) in [7, 11) is 0. The molecule has 0 saturated heterocycles. The van der Waals surface area contributed by atoms with Crippen LogP contribution in [0.15, 0.2) is 12.2 Å². The Morgan fingerprint density at radius 3 is 2.45 bits per heavy atom. The number of hydrogen-bond donors (Lipinski definition) is 0. The molecule has 1 aliphatic rings. The molecule has 1 unspecified atom stereocenters. The van der Waals surface area contributed by atoms with Gasteiger partial charge in [-0.05, 0) is 17.3 Å². The Morgan fingerprint density at radius 1 is 1.45 bits per heavy atom. The molecule has 0 N–H and O–H groups in total. The van der Waals surface area contributed by atoms with Crippen molar-refractivity contribution in [1.82, 2.24) is 0 Å². The van der Waals surface area contributed by atoms with Crippen LogP contribution in [0.3, 0.4) is 0 Å². The number of rotatable bonds is 1. The second-order valence-corrected chi connectivity index (χ2v) is 4.22. The second kappa shape index (κ2) is 2.37. The monoisotopic (exact) mass is 149 g/mol. The first kappa shape index (κ1) is 8.33. The molecule has 0 aromatic heterocycles. The van der Waals surface area contributed by atoms with E-state index in [0.29, 0.717) is 6.42 Å². The predicted molar refractivity (Wildman–Crippen MR) is 45.9 cm³/mol. The van der Waals surface area contributed by atoms with Gasteiger partial charge in [0.2, 0.25) is 0 Å². The standard InChI is InChI=1S/C10H15N/c1-9(2)5-4-6-10(9,3)7-8-11/h4-5H,6-7H2,1-3H3. The van der Waals surface area contributed by atoms with Crippen LogP contribution in [0.2, 0.25) is 0 Å². The summed E-state index contributed by atoms with van der Waals surface area (Å²) in [5, 5.41) is 8.65. The molecule has 0 spiro atoms. The predicted octanol–water partition coefficient (Wildman–Crippen LogP) is 2.89. The fraction of sp³-hybridized carbons (Fsp3) is 0.700. The van der Waals surface area contributed by atoms with E-state index in [4.69, 9.17) is 5.26 Å². The summed E-state index contributed by atoms with van der Waals surface area (Å²) in [6, 6.07) is 2.27. The summed E-state index contributed by atoms with van der Waals surface area (Å²) in [5.41, 5.74) is 0.366. The molecule has 0 saturated carbocycles. The molecule has 1 atom stereocenters. The molecule has 11 heavy (non-hydrogen) atoms. The lowest BCUT2D eigenvalue weighted by atomic mass is 9.67. The molecular formula is C10H15N. The summed E-state index contributed by atoms with van der Waals surface area (Å²) in [4.78, 5) is 0. The highest BCUT2D eigenvalue weighted by Crippen LogP contribution is 2.49. The van der Waals surface area contributed by atoms with Crippen LogP contribution in [0.25, 0.3) is 0 Å². The number of hydrogen-bond acceptors (Lipinski definition) is 1. The quantitative estimate of drug-likeness (QED) is 0.526. The van der Waals surface area contributed by atoms with Crippen LogP contribution in [0.5, 0.6) is 0 Å². The summed E-state index contributed by atoms with van der Waals surface area (Å²) in [6.45, 7) is 6.60. The molecule has 0 aromatic rings. The number of nitriles is 1. The summed E-state index contributed by atoms with van der Waals surface area (Å²) in [5.74, 6) is 0. The zero-order chi connectivity index (χ0) is 8.54. The summed E-state index contributed by atoms with van der Waals surface area (Å²) in [6.07, 6.45) is 6.13. The topological polar surface area (TPSA) is 23.8 Å². The molecule has 0 radical (unpaired) electrons. The van der Waals surface area contributed by atoms with Crippen LogP contribution in [0, 0.1) is 22.2 Å². The smallest absolute Gasteiger partial charge is 0.0627 e. The van der Waals surface area contributed by atoms with Crippen LogP contribution in [0.1, 0.15) is 33.6 Å². The lowest BCUT2D eigenvalue weighted by molar-refractivity contribution is 0.169. The Kier molecular flexibility index (Phi) is 1.80. The van der Waals surface area contributed by atoms with Gasteiger partial charge in [0.05, 0.1) is 6.07 Å². The Morgan fingerprint density at radius 2 is 2.09 bits per heavy atom. The van der Waals surface area contributed by atoms with Crippen molar-refractivity contribution < 1.29 is 0 Å². The van der Waals surface area contributed by atoms with E-state index >= 15 is 0 Å². The first-order chi connectivity index (χ1) is 5.02. The summed E-state index contributed by atoms with van der Waals surface area (Å²) >= 11 is 0. The third-order valence-electron chi connectivity index (χ3n) is 3.13. The minimum absolute atomic E-state index is 0.168. The maximum absolute atomic E-state index is 8.65. The maximum atomic E-state index is 8.65. The van der Waals surface area contributed by atoms with E-state index in [1.807, 2.05) is 0 Å². The molecule has 1 nitrogen and oxygen atoms in total. The van der Waals surface area contributed by atoms with E-state index in [2.05, 4.69) is 39.0 Å². The zero-order valence-electron chi connectivity index (χ0n) is 7.52. The Hall–Kier alpha value is -0.770. The minimum Gasteiger partial charge on any atom is -0.198 e. The lowest BCUT2D eigenvalue weighted by Gasteiger charge is -2.36. The molecule has 0 amide bonds.